The van der Waals surface area contributed by atoms with E-state index in [1.807, 2.05) is 14.1 Å². The summed E-state index contributed by atoms with van der Waals surface area (Å²) in [5, 5.41) is 3.13. The van der Waals surface area contributed by atoms with Crippen molar-refractivity contribution in [2.45, 2.75) is 46.1 Å². The molecular formula is C14H31N3O. The highest BCUT2D eigenvalue weighted by molar-refractivity contribution is 5.76. The Morgan fingerprint density at radius 1 is 1.22 bits per heavy atom. The van der Waals surface area contributed by atoms with Crippen molar-refractivity contribution >= 4 is 5.91 Å². The van der Waals surface area contributed by atoms with Gasteiger partial charge >= 0.3 is 0 Å². The standard InChI is InChI=1S/C14H31N3O/c1-11(2)13(10-17(4)5)16-14(18)7-6-12(3)8-9-15/h11-13H,6-10,15H2,1-5H3,(H,16,18). The van der Waals surface area contributed by atoms with Gasteiger partial charge in [-0.25, -0.2) is 0 Å². The van der Waals surface area contributed by atoms with Gasteiger partial charge in [0.05, 0.1) is 0 Å². The van der Waals surface area contributed by atoms with Crippen LogP contribution in [0.4, 0.5) is 0 Å². The van der Waals surface area contributed by atoms with Crippen molar-refractivity contribution in [1.29, 1.82) is 0 Å². The minimum absolute atomic E-state index is 0.166. The highest BCUT2D eigenvalue weighted by atomic mass is 16.1. The van der Waals surface area contributed by atoms with Gasteiger partial charge in [-0.1, -0.05) is 20.8 Å². The molecule has 108 valence electrons. The van der Waals surface area contributed by atoms with E-state index in [1.54, 1.807) is 0 Å². The quantitative estimate of drug-likeness (QED) is 0.657. The second kappa shape index (κ2) is 9.34. The Hall–Kier alpha value is -0.610. The highest BCUT2D eigenvalue weighted by Gasteiger charge is 2.17. The normalized spacial score (nSPS) is 14.9. The van der Waals surface area contributed by atoms with E-state index >= 15 is 0 Å². The molecule has 0 aromatic rings. The Bertz CT molecular complexity index is 229. The summed E-state index contributed by atoms with van der Waals surface area (Å²) >= 11 is 0. The van der Waals surface area contributed by atoms with Crippen molar-refractivity contribution in [2.24, 2.45) is 17.6 Å². The van der Waals surface area contributed by atoms with E-state index in [9.17, 15) is 4.79 Å². The predicted octanol–water partition coefficient (Wildman–Crippen LogP) is 1.45. The third kappa shape index (κ3) is 8.48. The van der Waals surface area contributed by atoms with Gasteiger partial charge in [-0.2, -0.15) is 0 Å². The summed E-state index contributed by atoms with van der Waals surface area (Å²) < 4.78 is 0. The largest absolute Gasteiger partial charge is 0.352 e. The Morgan fingerprint density at radius 2 is 1.83 bits per heavy atom. The van der Waals surface area contributed by atoms with Gasteiger partial charge in [0.1, 0.15) is 0 Å². The van der Waals surface area contributed by atoms with Crippen LogP contribution in [0.2, 0.25) is 0 Å². The van der Waals surface area contributed by atoms with Gasteiger partial charge in [-0.05, 0) is 45.3 Å². The lowest BCUT2D eigenvalue weighted by Crippen LogP contribution is -2.45. The monoisotopic (exact) mass is 257 g/mol. The summed E-state index contributed by atoms with van der Waals surface area (Å²) in [5.74, 6) is 1.16. The molecule has 0 rings (SSSR count). The first-order chi connectivity index (χ1) is 8.36. The number of carbonyl (C=O) groups excluding carboxylic acids is 1. The zero-order chi connectivity index (χ0) is 14.1. The Kier molecular flexibility index (Phi) is 9.02. The number of carbonyl (C=O) groups is 1. The fourth-order valence-electron chi connectivity index (χ4n) is 1.90. The van der Waals surface area contributed by atoms with Gasteiger partial charge in [0, 0.05) is 19.0 Å². The van der Waals surface area contributed by atoms with Gasteiger partial charge in [0.15, 0.2) is 0 Å². The summed E-state index contributed by atoms with van der Waals surface area (Å²) in [4.78, 5) is 14.0. The molecule has 2 atom stereocenters. The minimum Gasteiger partial charge on any atom is -0.352 e. The van der Waals surface area contributed by atoms with Crippen LogP contribution in [0.5, 0.6) is 0 Å². The molecule has 0 saturated carbocycles. The van der Waals surface area contributed by atoms with Gasteiger partial charge in [-0.3, -0.25) is 4.79 Å². The van der Waals surface area contributed by atoms with E-state index in [2.05, 4.69) is 31.0 Å². The molecule has 0 spiro atoms. The molecule has 0 aliphatic heterocycles. The fraction of sp³-hybridized carbons (Fsp3) is 0.929. The van der Waals surface area contributed by atoms with E-state index in [-0.39, 0.29) is 11.9 Å². The topological polar surface area (TPSA) is 58.4 Å². The molecule has 1 amide bonds. The summed E-state index contributed by atoms with van der Waals surface area (Å²) in [6.07, 6.45) is 2.53. The van der Waals surface area contributed by atoms with Crippen LogP contribution in [0.3, 0.4) is 0 Å². The first kappa shape index (κ1) is 17.4. The molecule has 4 nitrogen and oxygen atoms in total. The molecule has 0 aromatic carbocycles. The van der Waals surface area contributed by atoms with Gasteiger partial charge in [0.25, 0.3) is 0 Å². The van der Waals surface area contributed by atoms with E-state index in [4.69, 9.17) is 5.73 Å². The predicted molar refractivity (Wildman–Crippen MR) is 77.4 cm³/mol. The third-order valence-electron chi connectivity index (χ3n) is 3.24. The second-order valence-electron chi connectivity index (χ2n) is 5.90. The average molecular weight is 257 g/mol. The van der Waals surface area contributed by atoms with Crippen LogP contribution in [-0.2, 0) is 4.79 Å². The molecule has 18 heavy (non-hydrogen) atoms. The summed E-state index contributed by atoms with van der Waals surface area (Å²) in [6.45, 7) is 8.04. The number of likely N-dealkylation sites (N-methyl/N-ethyl adjacent to an activating group) is 1. The van der Waals surface area contributed by atoms with Crippen molar-refractivity contribution in [1.82, 2.24) is 10.2 Å². The summed E-state index contributed by atoms with van der Waals surface area (Å²) in [5.41, 5.74) is 5.51. The summed E-state index contributed by atoms with van der Waals surface area (Å²) in [6, 6.07) is 0.234. The molecule has 0 aliphatic carbocycles. The first-order valence-corrected chi connectivity index (χ1v) is 7.01. The van der Waals surface area contributed by atoms with Crippen molar-refractivity contribution in [3.8, 4) is 0 Å². The molecule has 0 radical (unpaired) electrons. The molecule has 0 bridgehead atoms. The van der Waals surface area contributed by atoms with Gasteiger partial charge in [0.2, 0.25) is 5.91 Å². The number of hydrogen-bond donors (Lipinski definition) is 2. The molecule has 0 aliphatic rings. The Morgan fingerprint density at radius 3 is 2.28 bits per heavy atom. The van der Waals surface area contributed by atoms with Crippen LogP contribution >= 0.6 is 0 Å². The zero-order valence-corrected chi connectivity index (χ0v) is 12.7. The van der Waals surface area contributed by atoms with Crippen molar-refractivity contribution < 1.29 is 4.79 Å². The molecule has 0 heterocycles. The molecule has 0 saturated heterocycles. The summed E-state index contributed by atoms with van der Waals surface area (Å²) in [7, 11) is 4.07. The highest BCUT2D eigenvalue weighted by Crippen LogP contribution is 2.10. The molecule has 4 heteroatoms. The Labute approximate surface area is 112 Å². The maximum atomic E-state index is 11.9. The van der Waals surface area contributed by atoms with Crippen LogP contribution in [0.1, 0.15) is 40.0 Å². The van der Waals surface area contributed by atoms with Crippen LogP contribution in [-0.4, -0.2) is 44.0 Å². The van der Waals surface area contributed by atoms with Crippen molar-refractivity contribution in [3.05, 3.63) is 0 Å². The van der Waals surface area contributed by atoms with E-state index in [0.717, 1.165) is 19.4 Å². The number of rotatable bonds is 9. The number of hydrogen-bond acceptors (Lipinski definition) is 3. The fourth-order valence-corrected chi connectivity index (χ4v) is 1.90. The van der Waals surface area contributed by atoms with E-state index in [1.165, 1.54) is 0 Å². The zero-order valence-electron chi connectivity index (χ0n) is 12.7. The second-order valence-corrected chi connectivity index (χ2v) is 5.90. The molecule has 0 fully saturated rings. The van der Waals surface area contributed by atoms with Crippen LogP contribution in [0, 0.1) is 11.8 Å². The van der Waals surface area contributed by atoms with Crippen LogP contribution < -0.4 is 11.1 Å². The number of nitrogens with one attached hydrogen (secondary N) is 1. The average Bonchev–Trinajstić information content (AvgIpc) is 2.25. The van der Waals surface area contributed by atoms with Crippen LogP contribution in [0.15, 0.2) is 0 Å². The lowest BCUT2D eigenvalue weighted by atomic mass is 10.0. The van der Waals surface area contributed by atoms with Crippen LogP contribution in [0.25, 0.3) is 0 Å². The smallest absolute Gasteiger partial charge is 0.220 e. The van der Waals surface area contributed by atoms with Gasteiger partial charge in [-0.15, -0.1) is 0 Å². The third-order valence-corrected chi connectivity index (χ3v) is 3.24. The van der Waals surface area contributed by atoms with E-state index in [0.29, 0.717) is 24.8 Å². The number of amides is 1. The van der Waals surface area contributed by atoms with Crippen molar-refractivity contribution in [3.63, 3.8) is 0 Å². The number of nitrogens with two attached hydrogens (primary N) is 1. The first-order valence-electron chi connectivity index (χ1n) is 7.01. The maximum absolute atomic E-state index is 11.9. The minimum atomic E-state index is 0.166. The molecule has 2 unspecified atom stereocenters. The lowest BCUT2D eigenvalue weighted by Gasteiger charge is -2.25. The maximum Gasteiger partial charge on any atom is 0.220 e. The lowest BCUT2D eigenvalue weighted by molar-refractivity contribution is -0.122. The molecular weight excluding hydrogens is 226 g/mol. The Balaban J connectivity index is 4.02. The molecule has 0 aromatic heterocycles. The van der Waals surface area contributed by atoms with Crippen molar-refractivity contribution in [2.75, 3.05) is 27.2 Å². The molecule has 3 N–H and O–H groups in total. The van der Waals surface area contributed by atoms with Gasteiger partial charge < -0.3 is 16.0 Å². The SMILES string of the molecule is CC(CCN)CCC(=O)NC(CN(C)C)C(C)C. The number of nitrogens with zero attached hydrogens (tertiary/aromatic N) is 1. The van der Waals surface area contributed by atoms with E-state index < -0.39 is 0 Å².